The molecule has 0 saturated carbocycles. The zero-order valence-electron chi connectivity index (χ0n) is 14.9. The van der Waals surface area contributed by atoms with Gasteiger partial charge in [-0.05, 0) is 18.8 Å². The van der Waals surface area contributed by atoms with Crippen molar-refractivity contribution in [1.82, 2.24) is 19.7 Å². The lowest BCUT2D eigenvalue weighted by Gasteiger charge is -2.42. The van der Waals surface area contributed by atoms with E-state index in [2.05, 4.69) is 23.9 Å². The number of nitrogens with zero attached hydrogens (tertiary/aromatic N) is 4. The second kappa shape index (κ2) is 8.03. The van der Waals surface area contributed by atoms with Crippen molar-refractivity contribution >= 4 is 42.1 Å². The molecule has 1 amide bonds. The Hall–Kier alpha value is -1.15. The highest BCUT2D eigenvalue weighted by Gasteiger charge is 2.36. The fraction of sp³-hybridized carbons (Fsp3) is 0.562. The van der Waals surface area contributed by atoms with Gasteiger partial charge in [-0.1, -0.05) is 13.8 Å². The smallest absolute Gasteiger partial charge is 0.265 e. The summed E-state index contributed by atoms with van der Waals surface area (Å²) in [7, 11) is 1.87. The molecule has 25 heavy (non-hydrogen) atoms. The molecule has 1 fully saturated rings. The highest BCUT2D eigenvalue weighted by atomic mass is 35.5. The molecule has 1 atom stereocenters. The third kappa shape index (κ3) is 4.34. The molecule has 1 aliphatic rings. The van der Waals surface area contributed by atoms with Crippen LogP contribution in [-0.4, -0.2) is 44.7 Å². The summed E-state index contributed by atoms with van der Waals surface area (Å²) >= 11 is 1.44. The van der Waals surface area contributed by atoms with E-state index in [1.54, 1.807) is 10.9 Å². The van der Waals surface area contributed by atoms with E-state index in [-0.39, 0.29) is 42.2 Å². The largest absolute Gasteiger partial charge is 0.337 e. The molecule has 2 aromatic rings. The molecular formula is C16H25Cl2N5OS. The maximum atomic E-state index is 12.9. The summed E-state index contributed by atoms with van der Waals surface area (Å²) in [4.78, 5) is 20.1. The molecule has 140 valence electrons. The molecular weight excluding hydrogens is 381 g/mol. The van der Waals surface area contributed by atoms with E-state index in [9.17, 15) is 4.79 Å². The lowest BCUT2D eigenvalue weighted by atomic mass is 9.79. The first-order chi connectivity index (χ1) is 10.8. The Bertz CT molecular complexity index is 743. The third-order valence-corrected chi connectivity index (χ3v) is 5.74. The molecule has 3 heterocycles. The molecule has 0 radical (unpaired) electrons. The van der Waals surface area contributed by atoms with Gasteiger partial charge in [-0.25, -0.2) is 4.98 Å². The number of amides is 1. The van der Waals surface area contributed by atoms with E-state index in [1.165, 1.54) is 11.3 Å². The summed E-state index contributed by atoms with van der Waals surface area (Å²) in [5.41, 5.74) is 7.84. The number of halogens is 2. The van der Waals surface area contributed by atoms with Gasteiger partial charge in [-0.2, -0.15) is 5.10 Å². The van der Waals surface area contributed by atoms with Crippen molar-refractivity contribution in [2.75, 3.05) is 13.1 Å². The number of hydrogen-bond acceptors (Lipinski definition) is 5. The summed E-state index contributed by atoms with van der Waals surface area (Å²) in [6.45, 7) is 7.54. The fourth-order valence-electron chi connectivity index (χ4n) is 2.94. The van der Waals surface area contributed by atoms with Crippen LogP contribution in [0.25, 0.3) is 10.6 Å². The van der Waals surface area contributed by atoms with Crippen LogP contribution in [-0.2, 0) is 7.05 Å². The summed E-state index contributed by atoms with van der Waals surface area (Å²) in [6.07, 6.45) is 4.52. The number of rotatable bonds is 2. The molecule has 6 nitrogen and oxygen atoms in total. The van der Waals surface area contributed by atoms with E-state index in [1.807, 2.05) is 25.1 Å². The highest BCUT2D eigenvalue weighted by molar-refractivity contribution is 7.17. The Morgan fingerprint density at radius 1 is 1.40 bits per heavy atom. The van der Waals surface area contributed by atoms with Crippen LogP contribution in [0.4, 0.5) is 0 Å². The number of likely N-dealkylation sites (tertiary alicyclic amines) is 1. The van der Waals surface area contributed by atoms with Crippen LogP contribution in [0.5, 0.6) is 0 Å². The van der Waals surface area contributed by atoms with E-state index in [0.29, 0.717) is 13.1 Å². The second-order valence-corrected chi connectivity index (χ2v) is 7.95. The maximum Gasteiger partial charge on any atom is 0.265 e. The minimum absolute atomic E-state index is 0. The standard InChI is InChI=1S/C16H23N5OS.2ClH/c1-10-13(23-14(19-10)11-7-18-20(4)8-11)15(22)21-6-5-12(17)16(2,3)9-21;;/h7-8,12H,5-6,9,17H2,1-4H3;2*1H. The molecule has 1 saturated heterocycles. The summed E-state index contributed by atoms with van der Waals surface area (Å²) in [5.74, 6) is 0.0649. The van der Waals surface area contributed by atoms with Gasteiger partial charge in [0.1, 0.15) is 9.88 Å². The maximum absolute atomic E-state index is 12.9. The van der Waals surface area contributed by atoms with Crippen molar-refractivity contribution in [2.45, 2.75) is 33.2 Å². The van der Waals surface area contributed by atoms with Crippen molar-refractivity contribution in [1.29, 1.82) is 0 Å². The zero-order chi connectivity index (χ0) is 16.8. The third-order valence-electron chi connectivity index (χ3n) is 4.54. The second-order valence-electron chi connectivity index (χ2n) is 6.95. The van der Waals surface area contributed by atoms with Gasteiger partial charge in [0.15, 0.2) is 0 Å². The van der Waals surface area contributed by atoms with Crippen molar-refractivity contribution in [2.24, 2.45) is 18.2 Å². The lowest BCUT2D eigenvalue weighted by molar-refractivity contribution is 0.0536. The van der Waals surface area contributed by atoms with Crippen molar-refractivity contribution in [3.63, 3.8) is 0 Å². The van der Waals surface area contributed by atoms with Gasteiger partial charge < -0.3 is 10.6 Å². The number of carbonyl (C=O) groups is 1. The molecule has 9 heteroatoms. The minimum atomic E-state index is -0.0569. The fourth-order valence-corrected chi connectivity index (χ4v) is 3.95. The first-order valence-electron chi connectivity index (χ1n) is 7.79. The van der Waals surface area contributed by atoms with Gasteiger partial charge in [0.25, 0.3) is 5.91 Å². The Labute approximate surface area is 164 Å². The first kappa shape index (κ1) is 21.9. The molecule has 2 aromatic heterocycles. The van der Waals surface area contributed by atoms with Crippen LogP contribution < -0.4 is 5.73 Å². The van der Waals surface area contributed by atoms with Crippen LogP contribution in [0.2, 0.25) is 0 Å². The topological polar surface area (TPSA) is 77.0 Å². The Balaban J connectivity index is 0.00000156. The van der Waals surface area contributed by atoms with E-state index < -0.39 is 0 Å². The van der Waals surface area contributed by atoms with Gasteiger partial charge in [0.2, 0.25) is 0 Å². The van der Waals surface area contributed by atoms with E-state index in [4.69, 9.17) is 5.73 Å². The first-order valence-corrected chi connectivity index (χ1v) is 8.61. The number of piperidine rings is 1. The highest BCUT2D eigenvalue weighted by Crippen LogP contribution is 2.32. The predicted molar refractivity (Wildman–Crippen MR) is 106 cm³/mol. The lowest BCUT2D eigenvalue weighted by Crippen LogP contribution is -2.53. The van der Waals surface area contributed by atoms with Gasteiger partial charge in [-0.3, -0.25) is 9.48 Å². The normalized spacial score (nSPS) is 19.1. The van der Waals surface area contributed by atoms with Crippen molar-refractivity contribution in [3.8, 4) is 10.6 Å². The predicted octanol–water partition coefficient (Wildman–Crippen LogP) is 2.90. The number of nitrogens with two attached hydrogens (primary N) is 1. The average molecular weight is 406 g/mol. The van der Waals surface area contributed by atoms with Gasteiger partial charge in [0.05, 0.1) is 11.9 Å². The van der Waals surface area contributed by atoms with Crippen molar-refractivity contribution < 1.29 is 4.79 Å². The van der Waals surface area contributed by atoms with Crippen molar-refractivity contribution in [3.05, 3.63) is 23.0 Å². The average Bonchev–Trinajstić information content (AvgIpc) is 3.07. The summed E-state index contributed by atoms with van der Waals surface area (Å²) < 4.78 is 1.74. The monoisotopic (exact) mass is 405 g/mol. The van der Waals surface area contributed by atoms with E-state index >= 15 is 0 Å². The molecule has 0 bridgehead atoms. The Kier molecular flexibility index (Phi) is 7.03. The number of hydrogen-bond donors (Lipinski definition) is 1. The SMILES string of the molecule is Cc1nc(-c2cnn(C)c2)sc1C(=O)N1CCC(N)C(C)(C)C1.Cl.Cl. The quantitative estimate of drug-likeness (QED) is 0.832. The van der Waals surface area contributed by atoms with Gasteiger partial charge in [-0.15, -0.1) is 36.2 Å². The van der Waals surface area contributed by atoms with Crippen LogP contribution in [0.1, 0.15) is 35.6 Å². The van der Waals surface area contributed by atoms with Gasteiger partial charge >= 0.3 is 0 Å². The number of carbonyl (C=O) groups excluding carboxylic acids is 1. The summed E-state index contributed by atoms with van der Waals surface area (Å²) in [6, 6.07) is 0.139. The van der Waals surface area contributed by atoms with Crippen LogP contribution >= 0.6 is 36.2 Å². The number of aromatic nitrogens is 3. The molecule has 1 unspecified atom stereocenters. The van der Waals surface area contributed by atoms with E-state index in [0.717, 1.165) is 27.6 Å². The van der Waals surface area contributed by atoms with Crippen LogP contribution in [0.15, 0.2) is 12.4 Å². The Morgan fingerprint density at radius 2 is 2.08 bits per heavy atom. The van der Waals surface area contributed by atoms with Crippen LogP contribution in [0, 0.1) is 12.3 Å². The van der Waals surface area contributed by atoms with Crippen LogP contribution in [0.3, 0.4) is 0 Å². The van der Waals surface area contributed by atoms with Gasteiger partial charge in [0, 0.05) is 37.9 Å². The number of aryl methyl sites for hydroxylation is 2. The summed E-state index contributed by atoms with van der Waals surface area (Å²) in [5, 5.41) is 5.01. The molecule has 3 rings (SSSR count). The molecule has 2 N–H and O–H groups in total. The number of thiazole rings is 1. The Morgan fingerprint density at radius 3 is 2.64 bits per heavy atom. The molecule has 0 spiro atoms. The molecule has 0 aliphatic carbocycles. The minimum Gasteiger partial charge on any atom is -0.337 e. The molecule has 1 aliphatic heterocycles. The molecule has 0 aromatic carbocycles. The zero-order valence-corrected chi connectivity index (χ0v) is 17.3.